The van der Waals surface area contributed by atoms with Gasteiger partial charge in [0.25, 0.3) is 0 Å². The zero-order valence-electron chi connectivity index (χ0n) is 16.3. The lowest BCUT2D eigenvalue weighted by Gasteiger charge is -2.14. The molecule has 146 valence electrons. The Morgan fingerprint density at radius 2 is 1.59 bits per heavy atom. The largest absolute Gasteiger partial charge is 0.352 e. The summed E-state index contributed by atoms with van der Waals surface area (Å²) < 4.78 is 25.5. The summed E-state index contributed by atoms with van der Waals surface area (Å²) in [5.41, 5.74) is 5.55. The van der Waals surface area contributed by atoms with E-state index in [1.807, 2.05) is 24.3 Å². The first-order valence-corrected chi connectivity index (χ1v) is 10.5. The Hall–Kier alpha value is -2.38. The summed E-state index contributed by atoms with van der Waals surface area (Å²) in [6.45, 7) is 5.50. The second-order valence-corrected chi connectivity index (χ2v) is 8.42. The summed E-state index contributed by atoms with van der Waals surface area (Å²) in [7, 11) is -0.0897. The van der Waals surface area contributed by atoms with Crippen LogP contribution in [0.2, 0.25) is 0 Å². The predicted octanol–water partition coefficient (Wildman–Crippen LogP) is 2.22. The van der Waals surface area contributed by atoms with Crippen LogP contribution in [-0.4, -0.2) is 28.5 Å². The first-order valence-electron chi connectivity index (χ1n) is 8.82. The molecule has 0 aromatic heterocycles. The molecule has 0 amide bonds. The van der Waals surface area contributed by atoms with Gasteiger partial charge >= 0.3 is 0 Å². The lowest BCUT2D eigenvalue weighted by Crippen LogP contribution is -2.36. The number of hydrogen-bond donors (Lipinski definition) is 3. The number of nitrogens with zero attached hydrogens (tertiary/aromatic N) is 1. The van der Waals surface area contributed by atoms with Crippen LogP contribution in [0.25, 0.3) is 0 Å². The van der Waals surface area contributed by atoms with Gasteiger partial charge < -0.3 is 10.6 Å². The van der Waals surface area contributed by atoms with Gasteiger partial charge in [0.2, 0.25) is 10.0 Å². The van der Waals surface area contributed by atoms with Crippen molar-refractivity contribution in [3.05, 3.63) is 70.3 Å². The maximum absolute atomic E-state index is 11.6. The second-order valence-electron chi connectivity index (χ2n) is 6.49. The molecule has 2 aromatic rings. The molecule has 0 aliphatic rings. The third kappa shape index (κ3) is 6.69. The highest BCUT2D eigenvalue weighted by atomic mass is 32.2. The van der Waals surface area contributed by atoms with Crippen LogP contribution in [0.5, 0.6) is 0 Å². The number of nitrogens with one attached hydrogen (secondary N) is 3. The highest BCUT2D eigenvalue weighted by molar-refractivity contribution is 7.88. The topological polar surface area (TPSA) is 82.6 Å². The number of rotatable bonds is 7. The fourth-order valence-electron chi connectivity index (χ4n) is 2.67. The minimum absolute atomic E-state index is 0.0175. The Kier molecular flexibility index (Phi) is 7.38. The maximum atomic E-state index is 11.6. The van der Waals surface area contributed by atoms with E-state index in [1.165, 1.54) is 23.7 Å². The first kappa shape index (κ1) is 20.9. The molecule has 7 heteroatoms. The molecular formula is C20H28N4O2S. The quantitative estimate of drug-likeness (QED) is 0.502. The van der Waals surface area contributed by atoms with E-state index in [-0.39, 0.29) is 5.75 Å². The van der Waals surface area contributed by atoms with Crippen molar-refractivity contribution in [2.45, 2.75) is 32.7 Å². The number of benzene rings is 2. The molecule has 27 heavy (non-hydrogen) atoms. The Morgan fingerprint density at radius 3 is 2.19 bits per heavy atom. The van der Waals surface area contributed by atoms with Gasteiger partial charge in [0.15, 0.2) is 5.96 Å². The third-order valence-electron chi connectivity index (χ3n) is 4.32. The van der Waals surface area contributed by atoms with Crippen LogP contribution in [0.4, 0.5) is 0 Å². The average Bonchev–Trinajstić information content (AvgIpc) is 2.64. The number of sulfonamides is 1. The molecule has 0 saturated heterocycles. The Morgan fingerprint density at radius 1 is 0.963 bits per heavy atom. The van der Waals surface area contributed by atoms with Gasteiger partial charge in [0.05, 0.1) is 5.75 Å². The molecule has 0 bridgehead atoms. The van der Waals surface area contributed by atoms with Crippen molar-refractivity contribution in [1.82, 2.24) is 15.4 Å². The standard InChI is InChI=1S/C20H28N4O2S/c1-15-5-10-19(16(2)11-15)13-24-20(21-3)23-12-17-6-8-18(9-7-17)14-27(25,26)22-4/h5-11,22H,12-14H2,1-4H3,(H2,21,23,24). The van der Waals surface area contributed by atoms with Gasteiger partial charge in [0.1, 0.15) is 0 Å². The van der Waals surface area contributed by atoms with Crippen LogP contribution in [0.15, 0.2) is 47.5 Å². The molecule has 3 N–H and O–H groups in total. The van der Waals surface area contributed by atoms with Gasteiger partial charge in [0, 0.05) is 20.1 Å². The predicted molar refractivity (Wildman–Crippen MR) is 111 cm³/mol. The van der Waals surface area contributed by atoms with Crippen LogP contribution in [-0.2, 0) is 28.9 Å². The monoisotopic (exact) mass is 388 g/mol. The molecule has 0 aliphatic heterocycles. The minimum Gasteiger partial charge on any atom is -0.352 e. The second kappa shape index (κ2) is 9.53. The summed E-state index contributed by atoms with van der Waals surface area (Å²) >= 11 is 0. The normalized spacial score (nSPS) is 12.1. The highest BCUT2D eigenvalue weighted by Crippen LogP contribution is 2.10. The van der Waals surface area contributed by atoms with E-state index in [0.717, 1.165) is 17.1 Å². The van der Waals surface area contributed by atoms with E-state index in [1.54, 1.807) is 7.05 Å². The van der Waals surface area contributed by atoms with Crippen molar-refractivity contribution in [2.75, 3.05) is 14.1 Å². The maximum Gasteiger partial charge on any atom is 0.215 e. The molecule has 2 aromatic carbocycles. The summed E-state index contributed by atoms with van der Waals surface area (Å²) in [5, 5.41) is 6.59. The molecule has 0 fully saturated rings. The molecule has 6 nitrogen and oxygen atoms in total. The number of guanidine groups is 1. The van der Waals surface area contributed by atoms with Gasteiger partial charge in [-0.25, -0.2) is 13.1 Å². The summed E-state index contributed by atoms with van der Waals surface area (Å²) in [4.78, 5) is 4.25. The Bertz CT molecular complexity index is 891. The van der Waals surface area contributed by atoms with Gasteiger partial charge in [-0.3, -0.25) is 4.99 Å². The summed E-state index contributed by atoms with van der Waals surface area (Å²) in [6.07, 6.45) is 0. The third-order valence-corrected chi connectivity index (χ3v) is 5.65. The van der Waals surface area contributed by atoms with E-state index < -0.39 is 10.0 Å². The van der Waals surface area contributed by atoms with Crippen LogP contribution in [0.3, 0.4) is 0 Å². The molecule has 2 rings (SSSR count). The summed E-state index contributed by atoms with van der Waals surface area (Å²) in [5.74, 6) is 0.702. The zero-order valence-corrected chi connectivity index (χ0v) is 17.2. The van der Waals surface area contributed by atoms with E-state index in [2.05, 4.69) is 52.4 Å². The van der Waals surface area contributed by atoms with E-state index in [0.29, 0.717) is 13.1 Å². The number of aryl methyl sites for hydroxylation is 2. The lowest BCUT2D eigenvalue weighted by molar-refractivity contribution is 0.587. The SMILES string of the molecule is CN=C(NCc1ccc(CS(=O)(=O)NC)cc1)NCc1ccc(C)cc1C. The van der Waals surface area contributed by atoms with Crippen LogP contribution >= 0.6 is 0 Å². The molecule has 0 aliphatic carbocycles. The smallest absolute Gasteiger partial charge is 0.215 e. The fraction of sp³-hybridized carbons (Fsp3) is 0.350. The minimum atomic E-state index is -3.25. The van der Waals surface area contributed by atoms with Crippen molar-refractivity contribution in [2.24, 2.45) is 4.99 Å². The number of aliphatic imine (C=N–C) groups is 1. The van der Waals surface area contributed by atoms with E-state index >= 15 is 0 Å². The van der Waals surface area contributed by atoms with Crippen LogP contribution in [0, 0.1) is 13.8 Å². The zero-order chi connectivity index (χ0) is 19.9. The molecular weight excluding hydrogens is 360 g/mol. The van der Waals surface area contributed by atoms with E-state index in [4.69, 9.17) is 0 Å². The highest BCUT2D eigenvalue weighted by Gasteiger charge is 2.08. The van der Waals surface area contributed by atoms with Crippen molar-refractivity contribution in [3.63, 3.8) is 0 Å². The molecule has 0 saturated carbocycles. The van der Waals surface area contributed by atoms with Gasteiger partial charge in [-0.05, 0) is 43.1 Å². The molecule has 0 unspecified atom stereocenters. The first-order chi connectivity index (χ1) is 12.8. The fourth-order valence-corrected chi connectivity index (χ4v) is 3.45. The van der Waals surface area contributed by atoms with Crippen molar-refractivity contribution in [3.8, 4) is 0 Å². The van der Waals surface area contributed by atoms with E-state index in [9.17, 15) is 8.42 Å². The van der Waals surface area contributed by atoms with Crippen molar-refractivity contribution < 1.29 is 8.42 Å². The van der Waals surface area contributed by atoms with Gasteiger partial charge in [-0.1, -0.05) is 48.0 Å². The molecule has 0 heterocycles. The Labute approximate surface area is 162 Å². The van der Waals surface area contributed by atoms with Gasteiger partial charge in [-0.2, -0.15) is 0 Å². The van der Waals surface area contributed by atoms with Crippen LogP contribution in [0.1, 0.15) is 27.8 Å². The summed E-state index contributed by atoms with van der Waals surface area (Å²) in [6, 6.07) is 13.9. The van der Waals surface area contributed by atoms with Gasteiger partial charge in [-0.15, -0.1) is 0 Å². The lowest BCUT2D eigenvalue weighted by atomic mass is 10.1. The number of hydrogen-bond acceptors (Lipinski definition) is 3. The molecule has 0 atom stereocenters. The van der Waals surface area contributed by atoms with Crippen molar-refractivity contribution in [1.29, 1.82) is 0 Å². The Balaban J connectivity index is 1.88. The van der Waals surface area contributed by atoms with Crippen molar-refractivity contribution >= 4 is 16.0 Å². The average molecular weight is 389 g/mol. The molecule has 0 spiro atoms. The van der Waals surface area contributed by atoms with Crippen LogP contribution < -0.4 is 15.4 Å². The molecule has 0 radical (unpaired) electrons.